The molecule has 5 nitrogen and oxygen atoms in total. The Morgan fingerprint density at radius 1 is 1.05 bits per heavy atom. The summed E-state index contributed by atoms with van der Waals surface area (Å²) in [5.74, 6) is 2.60. The zero-order valence-corrected chi connectivity index (χ0v) is 22.9. The molecule has 0 spiro atoms. The molecule has 2 heterocycles. The van der Waals surface area contributed by atoms with Gasteiger partial charge >= 0.3 is 6.36 Å². The van der Waals surface area contributed by atoms with E-state index < -0.39 is 6.36 Å². The number of hydrogen-bond acceptors (Lipinski definition) is 5. The number of hydrogen-bond donors (Lipinski definition) is 0. The molecular weight excluding hydrogens is 608 g/mol. The zero-order chi connectivity index (χ0) is 26.1. The summed E-state index contributed by atoms with van der Waals surface area (Å²) >= 11 is 2.31. The standard InChI is InChI=1S/C29H28F3IN2O3/c30-29(31,32)37-24-4-2-1-3-21(24)26-22(27(38-35-26)17-5-6-17)15-36-20-9-16-10-23-18(11-20)13-28(23,12-16)25-8-7-19(33)14-34-25/h1-4,7-8,14,16-18,20,23H,5-6,9-13,15H2/t16-,18-,20+,23?,28?/m1/s1. The Labute approximate surface area is 232 Å². The molecule has 3 aromatic rings. The first kappa shape index (κ1) is 24.9. The van der Waals surface area contributed by atoms with Gasteiger partial charge in [-0.3, -0.25) is 4.98 Å². The van der Waals surface area contributed by atoms with E-state index in [-0.39, 0.29) is 35.4 Å². The topological polar surface area (TPSA) is 57.4 Å². The Hall–Kier alpha value is -2.14. The Kier molecular flexibility index (Phi) is 6.03. The molecule has 2 bridgehead atoms. The first-order valence-electron chi connectivity index (χ1n) is 13.4. The van der Waals surface area contributed by atoms with Crippen molar-refractivity contribution in [2.75, 3.05) is 0 Å². The van der Waals surface area contributed by atoms with Crippen LogP contribution in [-0.2, 0) is 16.8 Å². The molecule has 2 aromatic heterocycles. The number of fused-ring (bicyclic) bond motifs is 1. The predicted molar refractivity (Wildman–Crippen MR) is 141 cm³/mol. The maximum absolute atomic E-state index is 13.1. The molecule has 7 rings (SSSR count). The molecule has 2 unspecified atom stereocenters. The van der Waals surface area contributed by atoms with E-state index in [0.29, 0.717) is 23.4 Å². The van der Waals surface area contributed by atoms with Gasteiger partial charge in [0.15, 0.2) is 0 Å². The van der Waals surface area contributed by atoms with Gasteiger partial charge in [0.05, 0.1) is 12.7 Å². The Morgan fingerprint density at radius 2 is 1.89 bits per heavy atom. The predicted octanol–water partition coefficient (Wildman–Crippen LogP) is 7.78. The molecule has 4 aliphatic rings. The number of halogens is 4. The lowest BCUT2D eigenvalue weighted by Gasteiger charge is -2.53. The van der Waals surface area contributed by atoms with E-state index in [1.54, 1.807) is 12.1 Å². The fraction of sp³-hybridized carbons (Fsp3) is 0.517. The summed E-state index contributed by atoms with van der Waals surface area (Å²) in [7, 11) is 0. The number of alkyl halides is 3. The lowest BCUT2D eigenvalue weighted by atomic mass is 9.52. The van der Waals surface area contributed by atoms with E-state index in [9.17, 15) is 13.2 Å². The molecular formula is C29H28F3IN2O3. The minimum absolute atomic E-state index is 0.120. The van der Waals surface area contributed by atoms with Crippen LogP contribution in [0.3, 0.4) is 0 Å². The van der Waals surface area contributed by atoms with Crippen molar-refractivity contribution in [3.05, 3.63) is 63.2 Å². The average molecular weight is 636 g/mol. The molecule has 38 heavy (non-hydrogen) atoms. The summed E-state index contributed by atoms with van der Waals surface area (Å²) in [5, 5.41) is 4.22. The van der Waals surface area contributed by atoms with Crippen molar-refractivity contribution in [3.63, 3.8) is 0 Å². The third kappa shape index (κ3) is 4.43. The monoisotopic (exact) mass is 636 g/mol. The SMILES string of the molecule is FC(F)(F)Oc1ccccc1-c1noc(C2CC2)c1CO[C@H]1C[C@@H]2CC3[C@H](C1)CC3(c1ccc(I)cn1)C2. The molecule has 0 N–H and O–H groups in total. The van der Waals surface area contributed by atoms with Crippen LogP contribution in [0.5, 0.6) is 5.75 Å². The quantitative estimate of drug-likeness (QED) is 0.248. The van der Waals surface area contributed by atoms with Gasteiger partial charge in [-0.25, -0.2) is 0 Å². The van der Waals surface area contributed by atoms with E-state index >= 15 is 0 Å². The normalized spacial score (nSPS) is 30.1. The van der Waals surface area contributed by atoms with E-state index in [2.05, 4.69) is 44.6 Å². The molecule has 5 atom stereocenters. The molecule has 0 saturated heterocycles. The van der Waals surface area contributed by atoms with Crippen molar-refractivity contribution in [1.82, 2.24) is 10.1 Å². The average Bonchev–Trinajstić information content (AvgIpc) is 3.57. The van der Waals surface area contributed by atoms with E-state index in [0.717, 1.165) is 53.4 Å². The maximum Gasteiger partial charge on any atom is 0.573 e. The molecule has 4 fully saturated rings. The van der Waals surface area contributed by atoms with Crippen LogP contribution in [0.25, 0.3) is 11.3 Å². The Bertz CT molecular complexity index is 1340. The minimum atomic E-state index is -4.79. The van der Waals surface area contributed by atoms with Crippen LogP contribution in [0.2, 0.25) is 0 Å². The van der Waals surface area contributed by atoms with Crippen LogP contribution in [-0.4, -0.2) is 22.6 Å². The van der Waals surface area contributed by atoms with Crippen LogP contribution in [0.15, 0.2) is 47.1 Å². The molecule has 0 aliphatic heterocycles. The number of ether oxygens (including phenoxy) is 2. The Balaban J connectivity index is 1.10. The third-order valence-electron chi connectivity index (χ3n) is 9.14. The minimum Gasteiger partial charge on any atom is -0.405 e. The van der Waals surface area contributed by atoms with Gasteiger partial charge in [-0.15, -0.1) is 13.2 Å². The lowest BCUT2D eigenvalue weighted by molar-refractivity contribution is -0.274. The summed E-state index contributed by atoms with van der Waals surface area (Å²) in [6.45, 7) is 0.281. The van der Waals surface area contributed by atoms with Crippen LogP contribution in [0, 0.1) is 21.3 Å². The van der Waals surface area contributed by atoms with Crippen molar-refractivity contribution < 1.29 is 27.2 Å². The molecule has 0 radical (unpaired) electrons. The molecule has 4 aliphatic carbocycles. The van der Waals surface area contributed by atoms with Crippen molar-refractivity contribution in [1.29, 1.82) is 0 Å². The second-order valence-corrected chi connectivity index (χ2v) is 12.7. The second-order valence-electron chi connectivity index (χ2n) is 11.5. The summed E-state index contributed by atoms with van der Waals surface area (Å²) in [6.07, 6.45) is 4.87. The molecule has 4 saturated carbocycles. The van der Waals surface area contributed by atoms with Gasteiger partial charge in [-0.05, 0) is 110 Å². The third-order valence-corrected chi connectivity index (χ3v) is 9.78. The summed E-state index contributed by atoms with van der Waals surface area (Å²) < 4.78 is 57.0. The summed E-state index contributed by atoms with van der Waals surface area (Å²) in [6, 6.07) is 10.5. The Morgan fingerprint density at radius 3 is 2.66 bits per heavy atom. The van der Waals surface area contributed by atoms with Crippen molar-refractivity contribution in [3.8, 4) is 17.0 Å². The van der Waals surface area contributed by atoms with Crippen molar-refractivity contribution in [2.24, 2.45) is 17.8 Å². The first-order chi connectivity index (χ1) is 18.3. The second kappa shape index (κ2) is 9.21. The fourth-order valence-corrected chi connectivity index (χ4v) is 7.84. The molecule has 200 valence electrons. The summed E-state index contributed by atoms with van der Waals surface area (Å²) in [5.41, 5.74) is 2.89. The number of aromatic nitrogens is 2. The molecule has 1 aromatic carbocycles. The number of nitrogens with zero attached hydrogens (tertiary/aromatic N) is 2. The fourth-order valence-electron chi connectivity index (χ4n) is 7.52. The van der Waals surface area contributed by atoms with E-state index in [4.69, 9.17) is 14.2 Å². The highest BCUT2D eigenvalue weighted by atomic mass is 127. The van der Waals surface area contributed by atoms with Gasteiger partial charge < -0.3 is 14.0 Å². The zero-order valence-electron chi connectivity index (χ0n) is 20.7. The molecule has 9 heteroatoms. The number of rotatable bonds is 7. The van der Waals surface area contributed by atoms with Crippen LogP contribution in [0.4, 0.5) is 13.2 Å². The van der Waals surface area contributed by atoms with Gasteiger partial charge in [0.2, 0.25) is 0 Å². The van der Waals surface area contributed by atoms with E-state index in [1.165, 1.54) is 24.2 Å². The largest absolute Gasteiger partial charge is 0.573 e. The van der Waals surface area contributed by atoms with Crippen LogP contribution in [0.1, 0.15) is 67.9 Å². The van der Waals surface area contributed by atoms with Crippen LogP contribution < -0.4 is 4.74 Å². The van der Waals surface area contributed by atoms with E-state index in [1.807, 2.05) is 6.20 Å². The van der Waals surface area contributed by atoms with Gasteiger partial charge in [0, 0.05) is 37.9 Å². The van der Waals surface area contributed by atoms with Gasteiger partial charge in [-0.2, -0.15) is 0 Å². The van der Waals surface area contributed by atoms with Gasteiger partial charge in [0.25, 0.3) is 0 Å². The van der Waals surface area contributed by atoms with Crippen molar-refractivity contribution >= 4 is 22.6 Å². The lowest BCUT2D eigenvalue weighted by Crippen LogP contribution is -2.50. The first-order valence-corrected chi connectivity index (χ1v) is 14.4. The van der Waals surface area contributed by atoms with Gasteiger partial charge in [-0.1, -0.05) is 17.3 Å². The molecule has 0 amide bonds. The highest BCUT2D eigenvalue weighted by Gasteiger charge is 2.62. The highest BCUT2D eigenvalue weighted by Crippen LogP contribution is 2.66. The number of benzene rings is 1. The van der Waals surface area contributed by atoms with Crippen molar-refractivity contribution in [2.45, 2.75) is 75.4 Å². The number of para-hydroxylation sites is 1. The smallest absolute Gasteiger partial charge is 0.405 e. The van der Waals surface area contributed by atoms with Gasteiger partial charge in [0.1, 0.15) is 17.2 Å². The van der Waals surface area contributed by atoms with Crippen LogP contribution >= 0.6 is 22.6 Å². The summed E-state index contributed by atoms with van der Waals surface area (Å²) in [4.78, 5) is 4.81. The maximum atomic E-state index is 13.1. The number of pyridine rings is 1. The highest BCUT2D eigenvalue weighted by molar-refractivity contribution is 14.1.